The van der Waals surface area contributed by atoms with Crippen LogP contribution in [0.5, 0.6) is 5.75 Å². The summed E-state index contributed by atoms with van der Waals surface area (Å²) in [4.78, 5) is 12.0. The van der Waals surface area contributed by atoms with Crippen LogP contribution in [0.2, 0.25) is 0 Å². The zero-order chi connectivity index (χ0) is 10.7. The molecule has 1 aliphatic rings. The quantitative estimate of drug-likeness (QED) is 0.822. The molecule has 2 rings (SSSR count). The van der Waals surface area contributed by atoms with Gasteiger partial charge in [-0.05, 0) is 37.2 Å². The Balaban J connectivity index is 0.00000128. The second-order valence-electron chi connectivity index (χ2n) is 3.78. The van der Waals surface area contributed by atoms with E-state index in [1.807, 2.05) is 24.3 Å². The van der Waals surface area contributed by atoms with E-state index in [4.69, 9.17) is 4.74 Å². The lowest BCUT2D eigenvalue weighted by atomic mass is 9.97. The number of benzene rings is 1. The number of carbonyl (C=O) groups excluding carboxylic acids is 1. The molecule has 1 heterocycles. The Morgan fingerprint density at radius 3 is 2.56 bits per heavy atom. The van der Waals surface area contributed by atoms with E-state index in [2.05, 4.69) is 5.32 Å². The van der Waals surface area contributed by atoms with Crippen LogP contribution in [-0.4, -0.2) is 26.0 Å². The van der Waals surface area contributed by atoms with Crippen LogP contribution in [0.25, 0.3) is 0 Å². The second kappa shape index (κ2) is 5.87. The topological polar surface area (TPSA) is 38.3 Å². The maximum atomic E-state index is 12.0. The SMILES string of the molecule is COc1ccc(C(=O)C2CCNC2)cc1.Cl. The van der Waals surface area contributed by atoms with Crippen molar-refractivity contribution in [3.8, 4) is 5.75 Å². The smallest absolute Gasteiger partial charge is 0.167 e. The third kappa shape index (κ3) is 2.74. The van der Waals surface area contributed by atoms with Gasteiger partial charge in [0.2, 0.25) is 0 Å². The highest BCUT2D eigenvalue weighted by Crippen LogP contribution is 2.18. The number of nitrogens with one attached hydrogen (secondary N) is 1. The highest BCUT2D eigenvalue weighted by Gasteiger charge is 2.23. The third-order valence-corrected chi connectivity index (χ3v) is 2.81. The molecule has 0 bridgehead atoms. The van der Waals surface area contributed by atoms with Gasteiger partial charge in [0.15, 0.2) is 5.78 Å². The van der Waals surface area contributed by atoms with E-state index in [1.165, 1.54) is 0 Å². The molecule has 16 heavy (non-hydrogen) atoms. The summed E-state index contributed by atoms with van der Waals surface area (Å²) in [6.07, 6.45) is 0.949. The number of halogens is 1. The molecule has 1 unspecified atom stereocenters. The number of Topliss-reactive ketones (excluding diaryl/α,β-unsaturated/α-hetero) is 1. The number of ether oxygens (including phenoxy) is 1. The minimum absolute atomic E-state index is 0. The molecule has 1 aromatic carbocycles. The molecule has 0 saturated carbocycles. The Labute approximate surface area is 102 Å². The number of carbonyl (C=O) groups is 1. The van der Waals surface area contributed by atoms with E-state index in [-0.39, 0.29) is 24.1 Å². The van der Waals surface area contributed by atoms with Crippen molar-refractivity contribution in [3.63, 3.8) is 0 Å². The summed E-state index contributed by atoms with van der Waals surface area (Å²) in [5.74, 6) is 1.18. The highest BCUT2D eigenvalue weighted by atomic mass is 35.5. The zero-order valence-electron chi connectivity index (χ0n) is 9.23. The Kier molecular flexibility index (Phi) is 4.77. The second-order valence-corrected chi connectivity index (χ2v) is 3.78. The zero-order valence-corrected chi connectivity index (χ0v) is 10.0. The normalized spacial score (nSPS) is 18.9. The first-order chi connectivity index (χ1) is 7.31. The van der Waals surface area contributed by atoms with Crippen LogP contribution in [0.3, 0.4) is 0 Å². The Bertz CT molecular complexity index is 345. The van der Waals surface area contributed by atoms with E-state index in [0.717, 1.165) is 30.8 Å². The van der Waals surface area contributed by atoms with Gasteiger partial charge in [0, 0.05) is 18.0 Å². The molecule has 0 spiro atoms. The molecule has 0 radical (unpaired) electrons. The fraction of sp³-hybridized carbons (Fsp3) is 0.417. The van der Waals surface area contributed by atoms with E-state index in [1.54, 1.807) is 7.11 Å². The molecule has 1 atom stereocenters. The number of hydrogen-bond acceptors (Lipinski definition) is 3. The number of ketones is 1. The van der Waals surface area contributed by atoms with Gasteiger partial charge < -0.3 is 10.1 Å². The van der Waals surface area contributed by atoms with E-state index in [9.17, 15) is 4.79 Å². The summed E-state index contributed by atoms with van der Waals surface area (Å²) in [5.41, 5.74) is 0.782. The van der Waals surface area contributed by atoms with Crippen LogP contribution >= 0.6 is 12.4 Å². The molecular formula is C12H16ClNO2. The van der Waals surface area contributed by atoms with Crippen molar-refractivity contribution in [2.45, 2.75) is 6.42 Å². The first-order valence-corrected chi connectivity index (χ1v) is 5.20. The Morgan fingerprint density at radius 2 is 2.06 bits per heavy atom. The van der Waals surface area contributed by atoms with E-state index < -0.39 is 0 Å². The van der Waals surface area contributed by atoms with Crippen LogP contribution in [0.15, 0.2) is 24.3 Å². The first kappa shape index (κ1) is 13.0. The maximum Gasteiger partial charge on any atom is 0.167 e. The standard InChI is InChI=1S/C12H15NO2.ClH/c1-15-11-4-2-9(3-5-11)12(14)10-6-7-13-8-10;/h2-5,10,13H,6-8H2,1H3;1H. The van der Waals surface area contributed by atoms with Gasteiger partial charge in [-0.25, -0.2) is 0 Å². The molecule has 0 amide bonds. The van der Waals surface area contributed by atoms with Gasteiger partial charge in [-0.3, -0.25) is 4.79 Å². The Morgan fingerprint density at radius 1 is 1.38 bits per heavy atom. The predicted molar refractivity (Wildman–Crippen MR) is 65.5 cm³/mol. The first-order valence-electron chi connectivity index (χ1n) is 5.20. The molecule has 1 aromatic rings. The van der Waals surface area contributed by atoms with E-state index in [0.29, 0.717) is 0 Å². The van der Waals surface area contributed by atoms with Crippen molar-refractivity contribution in [1.82, 2.24) is 5.32 Å². The summed E-state index contributed by atoms with van der Waals surface area (Å²) in [7, 11) is 1.62. The molecule has 88 valence electrons. The molecule has 0 aromatic heterocycles. The minimum Gasteiger partial charge on any atom is -0.497 e. The lowest BCUT2D eigenvalue weighted by Gasteiger charge is -2.07. The minimum atomic E-state index is 0. The predicted octanol–water partition coefficient (Wildman–Crippen LogP) is 1.91. The maximum absolute atomic E-state index is 12.0. The summed E-state index contributed by atoms with van der Waals surface area (Å²) < 4.78 is 5.05. The molecule has 1 aliphatic heterocycles. The van der Waals surface area contributed by atoms with Crippen LogP contribution in [0.4, 0.5) is 0 Å². The van der Waals surface area contributed by atoms with Crippen molar-refractivity contribution in [3.05, 3.63) is 29.8 Å². The van der Waals surface area contributed by atoms with Gasteiger partial charge in [0.05, 0.1) is 7.11 Å². The van der Waals surface area contributed by atoms with Crippen molar-refractivity contribution < 1.29 is 9.53 Å². The lowest BCUT2D eigenvalue weighted by molar-refractivity contribution is 0.0930. The average Bonchev–Trinajstić information content (AvgIpc) is 2.82. The average molecular weight is 242 g/mol. The van der Waals surface area contributed by atoms with Gasteiger partial charge in [-0.2, -0.15) is 0 Å². The molecule has 0 aliphatic carbocycles. The summed E-state index contributed by atoms with van der Waals surface area (Å²) in [5, 5.41) is 3.20. The van der Waals surface area contributed by atoms with Crippen molar-refractivity contribution >= 4 is 18.2 Å². The van der Waals surface area contributed by atoms with Crippen molar-refractivity contribution in [2.24, 2.45) is 5.92 Å². The number of methoxy groups -OCH3 is 1. The van der Waals surface area contributed by atoms with Crippen molar-refractivity contribution in [2.75, 3.05) is 20.2 Å². The van der Waals surface area contributed by atoms with Crippen LogP contribution < -0.4 is 10.1 Å². The molecule has 1 N–H and O–H groups in total. The van der Waals surface area contributed by atoms with E-state index >= 15 is 0 Å². The third-order valence-electron chi connectivity index (χ3n) is 2.81. The van der Waals surface area contributed by atoms with Gasteiger partial charge in [0.25, 0.3) is 0 Å². The number of rotatable bonds is 3. The van der Waals surface area contributed by atoms with Crippen LogP contribution in [0, 0.1) is 5.92 Å². The number of hydrogen-bond donors (Lipinski definition) is 1. The van der Waals surface area contributed by atoms with Gasteiger partial charge in [-0.1, -0.05) is 0 Å². The molecule has 3 nitrogen and oxygen atoms in total. The molecular weight excluding hydrogens is 226 g/mol. The Hall–Kier alpha value is -1.06. The fourth-order valence-corrected chi connectivity index (χ4v) is 1.87. The highest BCUT2D eigenvalue weighted by molar-refractivity contribution is 5.98. The lowest BCUT2D eigenvalue weighted by Crippen LogP contribution is -2.17. The monoisotopic (exact) mass is 241 g/mol. The largest absolute Gasteiger partial charge is 0.497 e. The summed E-state index contributed by atoms with van der Waals surface area (Å²) in [6, 6.07) is 7.32. The van der Waals surface area contributed by atoms with Crippen molar-refractivity contribution in [1.29, 1.82) is 0 Å². The molecule has 1 saturated heterocycles. The fourth-order valence-electron chi connectivity index (χ4n) is 1.87. The van der Waals surface area contributed by atoms with Crippen LogP contribution in [-0.2, 0) is 0 Å². The molecule has 4 heteroatoms. The molecule has 1 fully saturated rings. The van der Waals surface area contributed by atoms with Gasteiger partial charge in [-0.15, -0.1) is 12.4 Å². The summed E-state index contributed by atoms with van der Waals surface area (Å²) in [6.45, 7) is 1.76. The van der Waals surface area contributed by atoms with Gasteiger partial charge >= 0.3 is 0 Å². The summed E-state index contributed by atoms with van der Waals surface area (Å²) >= 11 is 0. The van der Waals surface area contributed by atoms with Gasteiger partial charge in [0.1, 0.15) is 5.75 Å². The van der Waals surface area contributed by atoms with Crippen LogP contribution in [0.1, 0.15) is 16.8 Å².